The van der Waals surface area contributed by atoms with Crippen molar-refractivity contribution in [2.45, 2.75) is 5.54 Å². The quantitative estimate of drug-likeness (QED) is 0.423. The SMILES string of the molecule is Brc1ccccc1C(c1ccccc1)(c1ccccc1)n1ccnc1. The normalized spacial score (nSPS) is 11.4. The molecule has 0 saturated heterocycles. The Balaban J connectivity index is 2.15. The van der Waals surface area contributed by atoms with Gasteiger partial charge in [0.05, 0.1) is 6.33 Å². The van der Waals surface area contributed by atoms with Gasteiger partial charge >= 0.3 is 0 Å². The van der Waals surface area contributed by atoms with Crippen LogP contribution in [0, 0.1) is 0 Å². The van der Waals surface area contributed by atoms with Gasteiger partial charge in [-0.3, -0.25) is 0 Å². The Labute approximate surface area is 155 Å². The summed E-state index contributed by atoms with van der Waals surface area (Å²) in [5, 5.41) is 0. The molecule has 0 fully saturated rings. The summed E-state index contributed by atoms with van der Waals surface area (Å²) in [6, 6.07) is 29.5. The number of hydrogen-bond acceptors (Lipinski definition) is 1. The molecular formula is C22H17BrN2. The molecule has 4 rings (SSSR count). The minimum Gasteiger partial charge on any atom is -0.319 e. The first-order valence-corrected chi connectivity index (χ1v) is 8.97. The van der Waals surface area contributed by atoms with Crippen LogP contribution in [0.1, 0.15) is 16.7 Å². The van der Waals surface area contributed by atoms with Crippen LogP contribution in [0.3, 0.4) is 0 Å². The van der Waals surface area contributed by atoms with E-state index >= 15 is 0 Å². The molecule has 25 heavy (non-hydrogen) atoms. The molecule has 0 aliphatic heterocycles. The van der Waals surface area contributed by atoms with Gasteiger partial charge < -0.3 is 4.57 Å². The summed E-state index contributed by atoms with van der Waals surface area (Å²) in [7, 11) is 0. The third-order valence-corrected chi connectivity index (χ3v) is 5.23. The van der Waals surface area contributed by atoms with Crippen LogP contribution < -0.4 is 0 Å². The van der Waals surface area contributed by atoms with E-state index in [0.29, 0.717) is 0 Å². The van der Waals surface area contributed by atoms with E-state index in [0.717, 1.165) is 4.47 Å². The topological polar surface area (TPSA) is 17.8 Å². The highest BCUT2D eigenvalue weighted by molar-refractivity contribution is 9.10. The lowest BCUT2D eigenvalue weighted by atomic mass is 9.77. The number of nitrogens with zero attached hydrogens (tertiary/aromatic N) is 2. The molecule has 122 valence electrons. The van der Waals surface area contributed by atoms with Crippen molar-refractivity contribution < 1.29 is 0 Å². The standard InChI is InChI=1S/C22H17BrN2/c23-21-14-8-7-13-20(21)22(25-16-15-24-17-25,18-9-3-1-4-10-18)19-11-5-2-6-12-19/h1-17H. The van der Waals surface area contributed by atoms with Crippen LogP contribution in [0.4, 0.5) is 0 Å². The minimum atomic E-state index is -0.501. The van der Waals surface area contributed by atoms with Crippen LogP contribution in [-0.2, 0) is 5.54 Å². The molecule has 0 unspecified atom stereocenters. The lowest BCUT2D eigenvalue weighted by Crippen LogP contribution is -2.37. The highest BCUT2D eigenvalue weighted by Crippen LogP contribution is 2.43. The average molecular weight is 389 g/mol. The third-order valence-electron chi connectivity index (χ3n) is 4.54. The van der Waals surface area contributed by atoms with Gasteiger partial charge in [-0.25, -0.2) is 4.98 Å². The monoisotopic (exact) mass is 388 g/mol. The summed E-state index contributed by atoms with van der Waals surface area (Å²) < 4.78 is 3.24. The van der Waals surface area contributed by atoms with Gasteiger partial charge in [0.2, 0.25) is 0 Å². The fourth-order valence-electron chi connectivity index (χ4n) is 3.49. The Hall–Kier alpha value is -2.65. The van der Waals surface area contributed by atoms with E-state index in [1.165, 1.54) is 16.7 Å². The lowest BCUT2D eigenvalue weighted by molar-refractivity contribution is 0.512. The second-order valence-corrected chi connectivity index (χ2v) is 6.75. The molecule has 0 saturated carbocycles. The predicted molar refractivity (Wildman–Crippen MR) is 105 cm³/mol. The largest absolute Gasteiger partial charge is 0.319 e. The Bertz CT molecular complexity index is 908. The molecule has 4 aromatic rings. The summed E-state index contributed by atoms with van der Waals surface area (Å²) in [6.07, 6.45) is 5.75. The van der Waals surface area contributed by atoms with Crippen molar-refractivity contribution in [3.05, 3.63) is 125 Å². The fourth-order valence-corrected chi connectivity index (χ4v) is 4.06. The highest BCUT2D eigenvalue weighted by atomic mass is 79.9. The summed E-state index contributed by atoms with van der Waals surface area (Å²) in [4.78, 5) is 4.34. The van der Waals surface area contributed by atoms with E-state index in [-0.39, 0.29) is 0 Å². The van der Waals surface area contributed by atoms with Gasteiger partial charge in [-0.1, -0.05) is 94.8 Å². The van der Waals surface area contributed by atoms with Crippen LogP contribution in [-0.4, -0.2) is 9.55 Å². The Morgan fingerprint density at radius 3 is 1.80 bits per heavy atom. The predicted octanol–water partition coefficient (Wildman–Crippen LogP) is 5.49. The van der Waals surface area contributed by atoms with Gasteiger partial charge in [0.15, 0.2) is 0 Å². The maximum Gasteiger partial charge on any atom is 0.122 e. The molecule has 0 amide bonds. The van der Waals surface area contributed by atoms with Crippen LogP contribution in [0.5, 0.6) is 0 Å². The fraction of sp³-hybridized carbons (Fsp3) is 0.0455. The number of hydrogen-bond donors (Lipinski definition) is 0. The first kappa shape index (κ1) is 15.9. The molecule has 0 atom stereocenters. The van der Waals surface area contributed by atoms with Crippen molar-refractivity contribution in [2.75, 3.05) is 0 Å². The number of aromatic nitrogens is 2. The van der Waals surface area contributed by atoms with E-state index in [2.05, 4.69) is 92.2 Å². The molecular weight excluding hydrogens is 372 g/mol. The van der Waals surface area contributed by atoms with E-state index in [1.54, 1.807) is 0 Å². The van der Waals surface area contributed by atoms with Crippen molar-refractivity contribution >= 4 is 15.9 Å². The van der Waals surface area contributed by atoms with Crippen LogP contribution in [0.15, 0.2) is 108 Å². The smallest absolute Gasteiger partial charge is 0.122 e. The molecule has 0 aliphatic carbocycles. The minimum absolute atomic E-state index is 0.501. The van der Waals surface area contributed by atoms with Crippen molar-refractivity contribution in [1.29, 1.82) is 0 Å². The molecule has 1 heterocycles. The highest BCUT2D eigenvalue weighted by Gasteiger charge is 2.39. The number of benzene rings is 3. The van der Waals surface area contributed by atoms with E-state index < -0.39 is 5.54 Å². The van der Waals surface area contributed by atoms with Crippen molar-refractivity contribution in [3.63, 3.8) is 0 Å². The van der Waals surface area contributed by atoms with Gasteiger partial charge in [-0.2, -0.15) is 0 Å². The van der Waals surface area contributed by atoms with Crippen LogP contribution >= 0.6 is 15.9 Å². The van der Waals surface area contributed by atoms with E-state index in [1.807, 2.05) is 36.9 Å². The molecule has 0 bridgehead atoms. The maximum atomic E-state index is 4.34. The molecule has 0 radical (unpaired) electrons. The van der Waals surface area contributed by atoms with Gasteiger partial charge in [-0.05, 0) is 17.2 Å². The molecule has 2 nitrogen and oxygen atoms in total. The second-order valence-electron chi connectivity index (χ2n) is 5.89. The first-order chi connectivity index (χ1) is 12.3. The van der Waals surface area contributed by atoms with Gasteiger partial charge in [0, 0.05) is 22.4 Å². The summed E-state index contributed by atoms with van der Waals surface area (Å²) in [6.45, 7) is 0. The molecule has 0 spiro atoms. The second kappa shape index (κ2) is 6.69. The third kappa shape index (κ3) is 2.61. The summed E-state index contributed by atoms with van der Waals surface area (Å²) in [5.74, 6) is 0. The zero-order valence-electron chi connectivity index (χ0n) is 13.6. The Morgan fingerprint density at radius 2 is 1.28 bits per heavy atom. The number of rotatable bonds is 4. The van der Waals surface area contributed by atoms with E-state index in [4.69, 9.17) is 0 Å². The molecule has 0 N–H and O–H groups in total. The van der Waals surface area contributed by atoms with Gasteiger partial charge in [0.25, 0.3) is 0 Å². The zero-order chi connectivity index (χ0) is 17.1. The van der Waals surface area contributed by atoms with Crippen molar-refractivity contribution in [1.82, 2.24) is 9.55 Å². The lowest BCUT2D eigenvalue weighted by Gasteiger charge is -2.38. The summed E-state index contributed by atoms with van der Waals surface area (Å²) >= 11 is 3.78. The first-order valence-electron chi connectivity index (χ1n) is 8.18. The van der Waals surface area contributed by atoms with Crippen molar-refractivity contribution in [2.24, 2.45) is 0 Å². The van der Waals surface area contributed by atoms with Crippen molar-refractivity contribution in [3.8, 4) is 0 Å². The zero-order valence-corrected chi connectivity index (χ0v) is 15.2. The maximum absolute atomic E-state index is 4.34. The van der Waals surface area contributed by atoms with Crippen LogP contribution in [0.25, 0.3) is 0 Å². The molecule has 3 heteroatoms. The van der Waals surface area contributed by atoms with Gasteiger partial charge in [0.1, 0.15) is 5.54 Å². The Morgan fingerprint density at radius 1 is 0.720 bits per heavy atom. The average Bonchev–Trinajstić information content (AvgIpc) is 3.21. The Kier molecular flexibility index (Phi) is 4.24. The molecule has 1 aromatic heterocycles. The molecule has 3 aromatic carbocycles. The number of halogens is 1. The van der Waals surface area contributed by atoms with E-state index in [9.17, 15) is 0 Å². The van der Waals surface area contributed by atoms with Gasteiger partial charge in [-0.15, -0.1) is 0 Å². The summed E-state index contributed by atoms with van der Waals surface area (Å²) in [5.41, 5.74) is 3.04. The van der Waals surface area contributed by atoms with Crippen LogP contribution in [0.2, 0.25) is 0 Å². The molecule has 0 aliphatic rings. The number of imidazole rings is 1.